The number of benzene rings is 2. The van der Waals surface area contributed by atoms with Crippen LogP contribution in [-0.4, -0.2) is 44.4 Å². The number of rotatable bonds is 6. The third-order valence-electron chi connectivity index (χ3n) is 6.37. The molecule has 4 aromatic rings. The van der Waals surface area contributed by atoms with Crippen molar-refractivity contribution in [3.63, 3.8) is 0 Å². The fourth-order valence-electron chi connectivity index (χ4n) is 4.09. The summed E-state index contributed by atoms with van der Waals surface area (Å²) in [5.41, 5.74) is 1.43. The van der Waals surface area contributed by atoms with Crippen molar-refractivity contribution in [3.8, 4) is 17.2 Å². The molecule has 0 fully saturated rings. The van der Waals surface area contributed by atoms with Crippen LogP contribution in [0.5, 0.6) is 11.5 Å². The van der Waals surface area contributed by atoms with Crippen LogP contribution in [0.15, 0.2) is 60.9 Å². The summed E-state index contributed by atoms with van der Waals surface area (Å²) in [6, 6.07) is 16.2. The number of carbonyl (C=O) groups excluding carboxylic acids is 2. The molecule has 12 nitrogen and oxygen atoms in total. The van der Waals surface area contributed by atoms with Gasteiger partial charge in [0.1, 0.15) is 17.9 Å². The van der Waals surface area contributed by atoms with Gasteiger partial charge in [0.2, 0.25) is 5.75 Å². The minimum Gasteiger partial charge on any atom is -0.494 e. The average Bonchev–Trinajstić information content (AvgIpc) is 3.35. The van der Waals surface area contributed by atoms with E-state index in [1.54, 1.807) is 36.7 Å². The number of nitrogens with zero attached hydrogens (tertiary/aromatic N) is 4. The van der Waals surface area contributed by atoms with E-state index in [-0.39, 0.29) is 17.1 Å². The minimum atomic E-state index is -1.09. The van der Waals surface area contributed by atoms with Gasteiger partial charge in [0, 0.05) is 23.2 Å². The van der Waals surface area contributed by atoms with Gasteiger partial charge in [-0.25, -0.2) is 19.4 Å². The zero-order chi connectivity index (χ0) is 29.4. The molecule has 1 aliphatic rings. The first-order chi connectivity index (χ1) is 19.4. The van der Waals surface area contributed by atoms with E-state index in [0.717, 1.165) is 11.4 Å². The van der Waals surface area contributed by atoms with Crippen LogP contribution >= 0.6 is 0 Å². The fourth-order valence-corrected chi connectivity index (χ4v) is 4.09. The molecule has 0 bridgehead atoms. The predicted molar refractivity (Wildman–Crippen MR) is 157 cm³/mol. The molecule has 0 saturated carbocycles. The first kappa shape index (κ1) is 27.4. The molecule has 2 aromatic heterocycles. The molecule has 5 rings (SSSR count). The summed E-state index contributed by atoms with van der Waals surface area (Å²) in [7, 11) is 1.52. The molecule has 0 aliphatic carbocycles. The number of methoxy groups -OCH3 is 1. The number of urea groups is 1. The standard InChI is InChI=1S/C29H32N8O4/c1-28(2,3)21-15-22(37(36-21)18-10-8-7-9-11-18)34-27(39)32-17-12-13-19(20(14-17)40-6)33-24-23-25(31-16-30-24)35-26(38)29(4,5)41-23/h7-16H,1-6H3,(H2,32,34,39)(H2,30,31,33,35,38). The Labute approximate surface area is 237 Å². The maximum absolute atomic E-state index is 13.1. The lowest BCUT2D eigenvalue weighted by atomic mass is 9.92. The zero-order valence-corrected chi connectivity index (χ0v) is 23.7. The van der Waals surface area contributed by atoms with Crippen LogP contribution in [0.1, 0.15) is 40.3 Å². The molecule has 4 N–H and O–H groups in total. The average molecular weight is 557 g/mol. The second-order valence-corrected chi connectivity index (χ2v) is 11.0. The lowest BCUT2D eigenvalue weighted by Gasteiger charge is -2.31. The number of aromatic nitrogens is 4. The van der Waals surface area contributed by atoms with E-state index in [2.05, 4.69) is 52.0 Å². The lowest BCUT2D eigenvalue weighted by Crippen LogP contribution is -2.46. The monoisotopic (exact) mass is 556 g/mol. The molecule has 0 radical (unpaired) electrons. The van der Waals surface area contributed by atoms with Gasteiger partial charge in [-0.1, -0.05) is 39.0 Å². The van der Waals surface area contributed by atoms with Gasteiger partial charge in [0.25, 0.3) is 5.91 Å². The molecule has 0 saturated heterocycles. The zero-order valence-electron chi connectivity index (χ0n) is 23.7. The van der Waals surface area contributed by atoms with Crippen LogP contribution in [0.2, 0.25) is 0 Å². The maximum atomic E-state index is 13.1. The molecule has 3 amide bonds. The van der Waals surface area contributed by atoms with Crippen molar-refractivity contribution in [1.29, 1.82) is 0 Å². The molecule has 41 heavy (non-hydrogen) atoms. The summed E-state index contributed by atoms with van der Waals surface area (Å²) in [5.74, 6) is 1.60. The summed E-state index contributed by atoms with van der Waals surface area (Å²) in [6.07, 6.45) is 1.32. The van der Waals surface area contributed by atoms with Crippen molar-refractivity contribution in [3.05, 3.63) is 66.6 Å². The Hall–Kier alpha value is -5.13. The van der Waals surface area contributed by atoms with E-state index >= 15 is 0 Å². The summed E-state index contributed by atoms with van der Waals surface area (Å²) < 4.78 is 13.2. The molecule has 0 unspecified atom stereocenters. The van der Waals surface area contributed by atoms with Gasteiger partial charge >= 0.3 is 6.03 Å². The highest BCUT2D eigenvalue weighted by atomic mass is 16.5. The normalized spacial score (nSPS) is 13.9. The molecule has 0 atom stereocenters. The molecule has 3 heterocycles. The number of anilines is 5. The van der Waals surface area contributed by atoms with Gasteiger partial charge in [0.05, 0.1) is 24.2 Å². The van der Waals surface area contributed by atoms with Gasteiger partial charge in [-0.15, -0.1) is 0 Å². The van der Waals surface area contributed by atoms with E-state index in [0.29, 0.717) is 34.5 Å². The van der Waals surface area contributed by atoms with Crippen molar-refractivity contribution < 1.29 is 19.1 Å². The van der Waals surface area contributed by atoms with Crippen molar-refractivity contribution in [2.75, 3.05) is 28.4 Å². The van der Waals surface area contributed by atoms with Gasteiger partial charge in [-0.05, 0) is 38.1 Å². The van der Waals surface area contributed by atoms with Crippen molar-refractivity contribution in [1.82, 2.24) is 19.7 Å². The number of ether oxygens (including phenoxy) is 2. The van der Waals surface area contributed by atoms with E-state index in [9.17, 15) is 9.59 Å². The highest BCUT2D eigenvalue weighted by Gasteiger charge is 2.38. The maximum Gasteiger partial charge on any atom is 0.324 e. The molecule has 12 heteroatoms. The van der Waals surface area contributed by atoms with Gasteiger partial charge < -0.3 is 25.4 Å². The Morgan fingerprint density at radius 1 is 1.05 bits per heavy atom. The molecule has 1 aliphatic heterocycles. The number of carbonyl (C=O) groups is 2. The van der Waals surface area contributed by atoms with Crippen molar-refractivity contribution in [2.24, 2.45) is 0 Å². The highest BCUT2D eigenvalue weighted by molar-refractivity contribution is 6.01. The Morgan fingerprint density at radius 3 is 2.51 bits per heavy atom. The second-order valence-electron chi connectivity index (χ2n) is 11.0. The molecule has 212 valence electrons. The van der Waals surface area contributed by atoms with Crippen molar-refractivity contribution in [2.45, 2.75) is 45.6 Å². The number of hydrogen-bond acceptors (Lipinski definition) is 8. The lowest BCUT2D eigenvalue weighted by molar-refractivity contribution is -0.129. The van der Waals surface area contributed by atoms with Gasteiger partial charge in [-0.2, -0.15) is 5.10 Å². The Morgan fingerprint density at radius 2 is 1.80 bits per heavy atom. The van der Waals surface area contributed by atoms with Crippen LogP contribution in [0.25, 0.3) is 5.69 Å². The number of hydrogen-bond donors (Lipinski definition) is 4. The third-order valence-corrected chi connectivity index (χ3v) is 6.37. The topological polar surface area (TPSA) is 144 Å². The van der Waals surface area contributed by atoms with Crippen LogP contribution < -0.4 is 30.7 Å². The van der Waals surface area contributed by atoms with E-state index in [4.69, 9.17) is 14.6 Å². The van der Waals surface area contributed by atoms with E-state index in [1.807, 2.05) is 36.4 Å². The fraction of sp³-hybridized carbons (Fsp3) is 0.276. The molecular weight excluding hydrogens is 524 g/mol. The SMILES string of the molecule is COc1cc(NC(=O)Nc2cc(C(C)(C)C)nn2-c2ccccc2)ccc1Nc1ncnc2c1OC(C)(C)C(=O)N2. The number of nitrogens with one attached hydrogen (secondary N) is 4. The number of amides is 3. The van der Waals surface area contributed by atoms with Gasteiger partial charge in [-0.3, -0.25) is 10.1 Å². The Bertz CT molecular complexity index is 1610. The van der Waals surface area contributed by atoms with Crippen LogP contribution in [0, 0.1) is 0 Å². The first-order valence-electron chi connectivity index (χ1n) is 13.0. The van der Waals surface area contributed by atoms with Crippen LogP contribution in [0.3, 0.4) is 0 Å². The largest absolute Gasteiger partial charge is 0.494 e. The minimum absolute atomic E-state index is 0.210. The summed E-state index contributed by atoms with van der Waals surface area (Å²) in [6.45, 7) is 9.51. The van der Waals surface area contributed by atoms with E-state index in [1.165, 1.54) is 13.4 Å². The van der Waals surface area contributed by atoms with Gasteiger partial charge in [0.15, 0.2) is 17.2 Å². The Balaban J connectivity index is 1.35. The first-order valence-corrected chi connectivity index (χ1v) is 13.0. The predicted octanol–water partition coefficient (Wildman–Crippen LogP) is 5.47. The molecular formula is C29H32N8O4. The number of para-hydroxylation sites is 1. The summed E-state index contributed by atoms with van der Waals surface area (Å²) in [5, 5.41) is 16.4. The summed E-state index contributed by atoms with van der Waals surface area (Å²) in [4.78, 5) is 33.7. The second kappa shape index (κ2) is 10.5. The van der Waals surface area contributed by atoms with E-state index < -0.39 is 11.6 Å². The third kappa shape index (κ3) is 5.76. The molecule has 0 spiro atoms. The highest BCUT2D eigenvalue weighted by Crippen LogP contribution is 2.40. The summed E-state index contributed by atoms with van der Waals surface area (Å²) >= 11 is 0. The Kier molecular flexibility index (Phi) is 6.99. The molecule has 2 aromatic carbocycles. The number of fused-ring (bicyclic) bond motifs is 1. The quantitative estimate of drug-likeness (QED) is 0.245. The van der Waals surface area contributed by atoms with Crippen LogP contribution in [-0.2, 0) is 10.2 Å². The van der Waals surface area contributed by atoms with Crippen LogP contribution in [0.4, 0.5) is 33.6 Å². The smallest absolute Gasteiger partial charge is 0.324 e. The van der Waals surface area contributed by atoms with Crippen molar-refractivity contribution >= 4 is 40.8 Å².